The van der Waals surface area contributed by atoms with Crippen molar-refractivity contribution >= 4 is 21.4 Å². The first-order chi connectivity index (χ1) is 7.90. The van der Waals surface area contributed by atoms with Gasteiger partial charge in [0.2, 0.25) is 0 Å². The number of fused-ring (bicyclic) bond motifs is 1. The minimum absolute atomic E-state index is 0.895. The predicted molar refractivity (Wildman–Crippen MR) is 66.5 cm³/mol. The van der Waals surface area contributed by atoms with Gasteiger partial charge in [0, 0.05) is 27.6 Å². The topological polar surface area (TPSA) is 30.7 Å². The zero-order valence-electron chi connectivity index (χ0n) is 8.92. The number of hydrogen-bond donors (Lipinski definition) is 0. The van der Waals surface area contributed by atoms with Crippen LogP contribution in [0.1, 0.15) is 6.92 Å². The molecule has 1 aromatic carbocycles. The molecule has 0 bridgehead atoms. The standard InChI is InChI=1S/C12H11N3S/c1-2-15-8-13-14-12(15)10-7-16-11-6-4-3-5-9(10)11/h3-8H,2H2,1H3. The van der Waals surface area contributed by atoms with Crippen LogP contribution in [0.4, 0.5) is 0 Å². The Labute approximate surface area is 97.4 Å². The summed E-state index contributed by atoms with van der Waals surface area (Å²) >= 11 is 1.75. The first-order valence-corrected chi connectivity index (χ1v) is 6.12. The van der Waals surface area contributed by atoms with Gasteiger partial charge in [-0.15, -0.1) is 21.5 Å². The number of thiophene rings is 1. The highest BCUT2D eigenvalue weighted by Gasteiger charge is 2.11. The molecule has 0 N–H and O–H groups in total. The average Bonchev–Trinajstić information content (AvgIpc) is 2.94. The van der Waals surface area contributed by atoms with Gasteiger partial charge >= 0.3 is 0 Å². The molecule has 0 aliphatic heterocycles. The molecular weight excluding hydrogens is 218 g/mol. The van der Waals surface area contributed by atoms with Gasteiger partial charge < -0.3 is 4.57 Å². The molecule has 3 aromatic rings. The predicted octanol–water partition coefficient (Wildman–Crippen LogP) is 3.18. The van der Waals surface area contributed by atoms with Crippen molar-refractivity contribution in [2.75, 3.05) is 0 Å². The lowest BCUT2D eigenvalue weighted by Gasteiger charge is -2.01. The maximum Gasteiger partial charge on any atom is 0.165 e. The molecule has 2 heterocycles. The molecular formula is C12H11N3S. The van der Waals surface area contributed by atoms with Crippen molar-refractivity contribution in [1.82, 2.24) is 14.8 Å². The molecule has 4 heteroatoms. The summed E-state index contributed by atoms with van der Waals surface area (Å²) < 4.78 is 3.36. The molecule has 0 fully saturated rings. The molecule has 3 nitrogen and oxygen atoms in total. The Bertz CT molecular complexity index is 624. The van der Waals surface area contributed by atoms with Crippen LogP contribution in [0.2, 0.25) is 0 Å². The molecule has 3 rings (SSSR count). The molecule has 0 spiro atoms. The molecule has 0 amide bonds. The van der Waals surface area contributed by atoms with Crippen molar-refractivity contribution in [2.45, 2.75) is 13.5 Å². The lowest BCUT2D eigenvalue weighted by molar-refractivity contribution is 0.768. The van der Waals surface area contributed by atoms with Crippen LogP contribution in [0.3, 0.4) is 0 Å². The van der Waals surface area contributed by atoms with E-state index in [-0.39, 0.29) is 0 Å². The number of nitrogens with zero attached hydrogens (tertiary/aromatic N) is 3. The Kier molecular flexibility index (Phi) is 2.22. The summed E-state index contributed by atoms with van der Waals surface area (Å²) in [5.74, 6) is 0.958. The minimum atomic E-state index is 0.895. The van der Waals surface area contributed by atoms with Gasteiger partial charge in [0.05, 0.1) is 0 Å². The van der Waals surface area contributed by atoms with E-state index in [9.17, 15) is 0 Å². The van der Waals surface area contributed by atoms with Crippen molar-refractivity contribution in [3.05, 3.63) is 36.0 Å². The quantitative estimate of drug-likeness (QED) is 0.675. The number of benzene rings is 1. The molecule has 0 aliphatic rings. The highest BCUT2D eigenvalue weighted by Crippen LogP contribution is 2.32. The third kappa shape index (κ3) is 1.34. The second-order valence-electron chi connectivity index (χ2n) is 3.59. The van der Waals surface area contributed by atoms with E-state index in [4.69, 9.17) is 0 Å². The highest BCUT2D eigenvalue weighted by atomic mass is 32.1. The Hall–Kier alpha value is -1.68. The normalized spacial score (nSPS) is 11.1. The van der Waals surface area contributed by atoms with Gasteiger partial charge in [0.15, 0.2) is 5.82 Å². The van der Waals surface area contributed by atoms with Crippen LogP contribution in [0.15, 0.2) is 36.0 Å². The van der Waals surface area contributed by atoms with Crippen molar-refractivity contribution in [1.29, 1.82) is 0 Å². The van der Waals surface area contributed by atoms with E-state index in [0.29, 0.717) is 0 Å². The number of rotatable bonds is 2. The summed E-state index contributed by atoms with van der Waals surface area (Å²) in [6, 6.07) is 8.39. The largest absolute Gasteiger partial charge is 0.314 e. The third-order valence-corrected chi connectivity index (χ3v) is 3.64. The smallest absolute Gasteiger partial charge is 0.165 e. The number of hydrogen-bond acceptors (Lipinski definition) is 3. The molecule has 0 aliphatic carbocycles. The van der Waals surface area contributed by atoms with Crippen LogP contribution in [0.5, 0.6) is 0 Å². The molecule has 80 valence electrons. The summed E-state index contributed by atoms with van der Waals surface area (Å²) in [7, 11) is 0. The molecule has 2 aromatic heterocycles. The zero-order valence-corrected chi connectivity index (χ0v) is 9.74. The minimum Gasteiger partial charge on any atom is -0.314 e. The summed E-state index contributed by atoms with van der Waals surface area (Å²) in [5, 5.41) is 11.6. The molecule has 0 saturated heterocycles. The monoisotopic (exact) mass is 229 g/mol. The van der Waals surface area contributed by atoms with E-state index in [1.54, 1.807) is 17.7 Å². The number of aryl methyl sites for hydroxylation is 1. The van der Waals surface area contributed by atoms with Crippen molar-refractivity contribution in [2.24, 2.45) is 0 Å². The van der Waals surface area contributed by atoms with Gasteiger partial charge in [0.25, 0.3) is 0 Å². The van der Waals surface area contributed by atoms with Crippen molar-refractivity contribution in [3.63, 3.8) is 0 Å². The maximum absolute atomic E-state index is 4.20. The van der Waals surface area contributed by atoms with Crippen LogP contribution in [0.25, 0.3) is 21.5 Å². The van der Waals surface area contributed by atoms with Gasteiger partial charge in [-0.25, -0.2) is 0 Å². The van der Waals surface area contributed by atoms with E-state index in [2.05, 4.69) is 51.3 Å². The first-order valence-electron chi connectivity index (χ1n) is 5.24. The Morgan fingerprint density at radius 1 is 1.31 bits per heavy atom. The molecule has 0 unspecified atom stereocenters. The Morgan fingerprint density at radius 3 is 3.06 bits per heavy atom. The van der Waals surface area contributed by atoms with Crippen molar-refractivity contribution < 1.29 is 0 Å². The zero-order chi connectivity index (χ0) is 11.0. The van der Waals surface area contributed by atoms with Crippen LogP contribution in [0, 0.1) is 0 Å². The molecule has 0 saturated carbocycles. The van der Waals surface area contributed by atoms with Crippen molar-refractivity contribution in [3.8, 4) is 11.4 Å². The fourth-order valence-electron chi connectivity index (χ4n) is 1.85. The van der Waals surface area contributed by atoms with E-state index in [1.165, 1.54) is 15.6 Å². The van der Waals surface area contributed by atoms with E-state index >= 15 is 0 Å². The second-order valence-corrected chi connectivity index (χ2v) is 4.50. The third-order valence-electron chi connectivity index (χ3n) is 2.68. The highest BCUT2D eigenvalue weighted by molar-refractivity contribution is 7.17. The SMILES string of the molecule is CCn1cnnc1-c1csc2ccccc12. The van der Waals surface area contributed by atoms with E-state index < -0.39 is 0 Å². The summed E-state index contributed by atoms with van der Waals surface area (Å²) in [6.45, 7) is 2.99. The Balaban J connectivity index is 2.26. The van der Waals surface area contributed by atoms with E-state index in [1.807, 2.05) is 0 Å². The first kappa shape index (κ1) is 9.54. The molecule has 0 radical (unpaired) electrons. The second kappa shape index (κ2) is 3.72. The average molecular weight is 229 g/mol. The van der Waals surface area contributed by atoms with Crippen LogP contribution < -0.4 is 0 Å². The van der Waals surface area contributed by atoms with Crippen LogP contribution in [-0.4, -0.2) is 14.8 Å². The van der Waals surface area contributed by atoms with Crippen LogP contribution in [-0.2, 0) is 6.54 Å². The van der Waals surface area contributed by atoms with Gasteiger partial charge in [0.1, 0.15) is 6.33 Å². The summed E-state index contributed by atoms with van der Waals surface area (Å²) in [4.78, 5) is 0. The van der Waals surface area contributed by atoms with E-state index in [0.717, 1.165) is 12.4 Å². The van der Waals surface area contributed by atoms with Gasteiger partial charge in [-0.05, 0) is 13.0 Å². The fourth-order valence-corrected chi connectivity index (χ4v) is 2.79. The Morgan fingerprint density at radius 2 is 2.19 bits per heavy atom. The molecule has 0 atom stereocenters. The van der Waals surface area contributed by atoms with Gasteiger partial charge in [-0.3, -0.25) is 0 Å². The maximum atomic E-state index is 4.20. The number of aromatic nitrogens is 3. The summed E-state index contributed by atoms with van der Waals surface area (Å²) in [6.07, 6.45) is 1.78. The fraction of sp³-hybridized carbons (Fsp3) is 0.167. The van der Waals surface area contributed by atoms with Crippen LogP contribution >= 0.6 is 11.3 Å². The lowest BCUT2D eigenvalue weighted by atomic mass is 10.1. The summed E-state index contributed by atoms with van der Waals surface area (Å²) in [5.41, 5.74) is 1.18. The van der Waals surface area contributed by atoms with Gasteiger partial charge in [-0.1, -0.05) is 18.2 Å². The lowest BCUT2D eigenvalue weighted by Crippen LogP contribution is -1.95. The van der Waals surface area contributed by atoms with Gasteiger partial charge in [-0.2, -0.15) is 0 Å². The molecule has 16 heavy (non-hydrogen) atoms.